The Morgan fingerprint density at radius 1 is 1.03 bits per heavy atom. The van der Waals surface area contributed by atoms with Gasteiger partial charge in [0.05, 0.1) is 31.4 Å². The third kappa shape index (κ3) is 5.39. The topological polar surface area (TPSA) is 94.2 Å². The Hall–Kier alpha value is -2.78. The summed E-state index contributed by atoms with van der Waals surface area (Å²) in [6, 6.07) is 9.61. The number of nitrogens with zero attached hydrogens (tertiary/aromatic N) is 1. The first kappa shape index (κ1) is 22.5. The van der Waals surface area contributed by atoms with Crippen molar-refractivity contribution in [1.29, 1.82) is 0 Å². The quantitative estimate of drug-likeness (QED) is 0.668. The Morgan fingerprint density at radius 3 is 2.28 bits per heavy atom. The van der Waals surface area contributed by atoms with Crippen molar-refractivity contribution in [2.45, 2.75) is 25.3 Å². The zero-order chi connectivity index (χ0) is 21.6. The van der Waals surface area contributed by atoms with Crippen LogP contribution in [-0.4, -0.2) is 46.5 Å². The van der Waals surface area contributed by atoms with Gasteiger partial charge in [-0.05, 0) is 42.8 Å². The molecule has 8 nitrogen and oxygen atoms in total. The van der Waals surface area contributed by atoms with E-state index in [1.54, 1.807) is 18.2 Å². The van der Waals surface area contributed by atoms with E-state index in [1.807, 2.05) is 6.92 Å². The van der Waals surface area contributed by atoms with Crippen LogP contribution in [0.15, 0.2) is 41.3 Å². The zero-order valence-corrected chi connectivity index (χ0v) is 18.0. The second kappa shape index (κ2) is 9.62. The molecule has 2 aromatic rings. The minimum Gasteiger partial charge on any atom is -0.495 e. The average Bonchev–Trinajstić information content (AvgIpc) is 2.68. The monoisotopic (exact) mass is 422 g/mol. The first-order chi connectivity index (χ1) is 13.7. The number of anilines is 1. The minimum absolute atomic E-state index is 0.0439. The molecule has 0 fully saturated rings. The Morgan fingerprint density at radius 2 is 1.69 bits per heavy atom. The summed E-state index contributed by atoms with van der Waals surface area (Å²) in [5.74, 6) is 1.18. The molecule has 0 aromatic heterocycles. The molecule has 0 bridgehead atoms. The lowest BCUT2D eigenvalue weighted by Gasteiger charge is -2.19. The number of benzene rings is 2. The number of ether oxygens (including phenoxy) is 3. The third-order valence-corrected chi connectivity index (χ3v) is 5.92. The summed E-state index contributed by atoms with van der Waals surface area (Å²) in [5, 5.41) is 2.58. The van der Waals surface area contributed by atoms with Gasteiger partial charge in [-0.2, -0.15) is 4.31 Å². The summed E-state index contributed by atoms with van der Waals surface area (Å²) in [6.45, 7) is 3.84. The molecule has 0 atom stereocenters. The summed E-state index contributed by atoms with van der Waals surface area (Å²) >= 11 is 0. The predicted octanol–water partition coefficient (Wildman–Crippen LogP) is 2.88. The van der Waals surface area contributed by atoms with Crippen LogP contribution in [0.25, 0.3) is 0 Å². The molecule has 29 heavy (non-hydrogen) atoms. The Labute approximate surface area is 171 Å². The second-order valence-electron chi connectivity index (χ2n) is 6.22. The first-order valence-corrected chi connectivity index (χ1v) is 10.4. The lowest BCUT2D eigenvalue weighted by molar-refractivity contribution is -0.114. The van der Waals surface area contributed by atoms with Crippen LogP contribution in [0.5, 0.6) is 17.2 Å². The van der Waals surface area contributed by atoms with E-state index < -0.39 is 10.0 Å². The molecule has 2 rings (SSSR count). The van der Waals surface area contributed by atoms with Crippen LogP contribution >= 0.6 is 0 Å². The number of amides is 1. The summed E-state index contributed by atoms with van der Waals surface area (Å²) in [7, 11) is 0.656. The molecule has 0 heterocycles. The number of hydrogen-bond acceptors (Lipinski definition) is 6. The summed E-state index contributed by atoms with van der Waals surface area (Å²) in [6.07, 6.45) is 0. The number of hydrogen-bond donors (Lipinski definition) is 1. The number of nitrogens with one attached hydrogen (secondary N) is 1. The van der Waals surface area contributed by atoms with E-state index in [2.05, 4.69) is 5.32 Å². The van der Waals surface area contributed by atoms with Gasteiger partial charge in [0.2, 0.25) is 15.9 Å². The number of carbonyl (C=O) groups excluding carboxylic acids is 1. The maximum Gasteiger partial charge on any atom is 0.243 e. The number of methoxy groups -OCH3 is 2. The van der Waals surface area contributed by atoms with Crippen molar-refractivity contribution in [1.82, 2.24) is 4.31 Å². The number of sulfonamides is 1. The van der Waals surface area contributed by atoms with Crippen LogP contribution in [0.2, 0.25) is 0 Å². The van der Waals surface area contributed by atoms with Gasteiger partial charge >= 0.3 is 0 Å². The normalized spacial score (nSPS) is 11.2. The fraction of sp³-hybridized carbons (Fsp3) is 0.350. The minimum atomic E-state index is -3.81. The van der Waals surface area contributed by atoms with E-state index in [0.717, 1.165) is 5.56 Å². The van der Waals surface area contributed by atoms with Crippen LogP contribution in [0, 0.1) is 0 Å². The molecule has 2 aromatic carbocycles. The third-order valence-electron chi connectivity index (χ3n) is 4.12. The van der Waals surface area contributed by atoms with Crippen molar-refractivity contribution in [3.8, 4) is 17.2 Å². The molecule has 0 unspecified atom stereocenters. The van der Waals surface area contributed by atoms with Crippen molar-refractivity contribution in [3.05, 3.63) is 42.0 Å². The van der Waals surface area contributed by atoms with Crippen LogP contribution in [0.4, 0.5) is 5.69 Å². The van der Waals surface area contributed by atoms with Gasteiger partial charge in [0, 0.05) is 20.5 Å². The molecular formula is C20H26N2O6S. The van der Waals surface area contributed by atoms with Gasteiger partial charge in [-0.1, -0.05) is 6.07 Å². The Bertz CT molecular complexity index is 975. The standard InChI is InChI=1S/C20H26N2O6S/c1-6-28-19-9-7-15(11-20(19)27-5)13-22(3)29(24,25)16-8-10-18(26-4)17(12-16)21-14(2)23/h7-12H,6,13H2,1-5H3,(H,21,23). The van der Waals surface area contributed by atoms with Crippen LogP contribution in [0.3, 0.4) is 0 Å². The lowest BCUT2D eigenvalue weighted by Crippen LogP contribution is -2.26. The van der Waals surface area contributed by atoms with E-state index >= 15 is 0 Å². The maximum absolute atomic E-state index is 13.0. The largest absolute Gasteiger partial charge is 0.495 e. The molecule has 0 radical (unpaired) electrons. The molecule has 0 saturated heterocycles. The molecular weight excluding hydrogens is 396 g/mol. The van der Waals surface area contributed by atoms with Gasteiger partial charge in [-0.3, -0.25) is 4.79 Å². The zero-order valence-electron chi connectivity index (χ0n) is 17.2. The highest BCUT2D eigenvalue weighted by molar-refractivity contribution is 7.89. The second-order valence-corrected chi connectivity index (χ2v) is 8.27. The van der Waals surface area contributed by atoms with Crippen molar-refractivity contribution < 1.29 is 27.4 Å². The van der Waals surface area contributed by atoms with E-state index in [4.69, 9.17) is 14.2 Å². The molecule has 1 amide bonds. The molecule has 9 heteroatoms. The summed E-state index contributed by atoms with van der Waals surface area (Å²) in [5.41, 5.74) is 1.03. The van der Waals surface area contributed by atoms with Gasteiger partial charge in [0.15, 0.2) is 11.5 Å². The molecule has 0 aliphatic carbocycles. The number of rotatable bonds is 9. The highest BCUT2D eigenvalue weighted by atomic mass is 32.2. The van der Waals surface area contributed by atoms with Crippen molar-refractivity contribution in [2.24, 2.45) is 0 Å². The Balaban J connectivity index is 2.30. The number of carbonyl (C=O) groups is 1. The van der Waals surface area contributed by atoms with Gasteiger partial charge in [0.25, 0.3) is 0 Å². The fourth-order valence-corrected chi connectivity index (χ4v) is 3.93. The smallest absolute Gasteiger partial charge is 0.243 e. The van der Waals surface area contributed by atoms with E-state index in [-0.39, 0.29) is 23.0 Å². The predicted molar refractivity (Wildman–Crippen MR) is 110 cm³/mol. The van der Waals surface area contributed by atoms with Gasteiger partial charge in [-0.15, -0.1) is 0 Å². The maximum atomic E-state index is 13.0. The molecule has 1 N–H and O–H groups in total. The molecule has 0 saturated carbocycles. The average molecular weight is 423 g/mol. The fourth-order valence-electron chi connectivity index (χ4n) is 2.74. The van der Waals surface area contributed by atoms with E-state index in [0.29, 0.717) is 23.9 Å². The SMILES string of the molecule is CCOc1ccc(CN(C)S(=O)(=O)c2ccc(OC)c(NC(C)=O)c2)cc1OC. The Kier molecular flexibility index (Phi) is 7.46. The molecule has 0 spiro atoms. The molecule has 158 valence electrons. The molecule has 0 aliphatic heterocycles. The van der Waals surface area contributed by atoms with Gasteiger partial charge < -0.3 is 19.5 Å². The van der Waals surface area contributed by atoms with Crippen molar-refractivity contribution >= 4 is 21.6 Å². The highest BCUT2D eigenvalue weighted by Crippen LogP contribution is 2.31. The van der Waals surface area contributed by atoms with E-state index in [9.17, 15) is 13.2 Å². The van der Waals surface area contributed by atoms with Gasteiger partial charge in [0.1, 0.15) is 5.75 Å². The van der Waals surface area contributed by atoms with Gasteiger partial charge in [-0.25, -0.2) is 8.42 Å². The summed E-state index contributed by atoms with van der Waals surface area (Å²) < 4.78 is 43.2. The first-order valence-electron chi connectivity index (χ1n) is 8.94. The molecule has 0 aliphatic rings. The highest BCUT2D eigenvalue weighted by Gasteiger charge is 2.23. The van der Waals surface area contributed by atoms with E-state index in [1.165, 1.54) is 50.7 Å². The van der Waals surface area contributed by atoms with Crippen LogP contribution in [0.1, 0.15) is 19.4 Å². The lowest BCUT2D eigenvalue weighted by atomic mass is 10.2. The summed E-state index contributed by atoms with van der Waals surface area (Å²) in [4.78, 5) is 11.4. The van der Waals surface area contributed by atoms with Crippen LogP contribution < -0.4 is 19.5 Å². The van der Waals surface area contributed by atoms with Crippen molar-refractivity contribution in [2.75, 3.05) is 33.2 Å². The van der Waals surface area contributed by atoms with Crippen molar-refractivity contribution in [3.63, 3.8) is 0 Å². The van der Waals surface area contributed by atoms with Crippen LogP contribution in [-0.2, 0) is 21.4 Å².